The zero-order valence-corrected chi connectivity index (χ0v) is 12.2. The molecule has 4 heteroatoms. The molecule has 2 saturated heterocycles. The van der Waals surface area contributed by atoms with Crippen LogP contribution in [0, 0.1) is 0 Å². The van der Waals surface area contributed by atoms with Crippen LogP contribution in [0.4, 0.5) is 0 Å². The molecule has 0 saturated carbocycles. The van der Waals surface area contributed by atoms with E-state index in [2.05, 4.69) is 33.6 Å². The zero-order valence-electron chi connectivity index (χ0n) is 12.2. The Morgan fingerprint density at radius 2 is 2.00 bits per heavy atom. The van der Waals surface area contributed by atoms with E-state index in [4.69, 9.17) is 4.52 Å². The summed E-state index contributed by atoms with van der Waals surface area (Å²) in [6.07, 6.45) is 3.90. The first-order valence-corrected chi connectivity index (χ1v) is 7.86. The Morgan fingerprint density at radius 1 is 1.14 bits per heavy atom. The Bertz CT molecular complexity index is 595. The fraction of sp³-hybridized carbons (Fsp3) is 0.471. The average Bonchev–Trinajstić information content (AvgIpc) is 3.09. The first-order valence-electron chi connectivity index (χ1n) is 7.86. The lowest BCUT2D eigenvalue weighted by molar-refractivity contribution is 0.221. The molecule has 2 fully saturated rings. The highest BCUT2D eigenvalue weighted by Gasteiger charge is 2.29. The second kappa shape index (κ2) is 5.62. The summed E-state index contributed by atoms with van der Waals surface area (Å²) in [6.45, 7) is 3.14. The molecule has 2 unspecified atom stereocenters. The quantitative estimate of drug-likeness (QED) is 0.940. The van der Waals surface area contributed by atoms with E-state index < -0.39 is 0 Å². The van der Waals surface area contributed by atoms with Gasteiger partial charge in [-0.2, -0.15) is 0 Å². The minimum atomic E-state index is 0.661. The van der Waals surface area contributed by atoms with Gasteiger partial charge >= 0.3 is 0 Å². The van der Waals surface area contributed by atoms with Crippen LogP contribution >= 0.6 is 0 Å². The predicted octanol–water partition coefficient (Wildman–Crippen LogP) is 2.67. The molecule has 2 atom stereocenters. The van der Waals surface area contributed by atoms with Gasteiger partial charge in [-0.1, -0.05) is 35.5 Å². The van der Waals surface area contributed by atoms with Crippen molar-refractivity contribution >= 4 is 0 Å². The molecule has 1 aromatic heterocycles. The van der Waals surface area contributed by atoms with Crippen LogP contribution in [0.3, 0.4) is 0 Å². The van der Waals surface area contributed by atoms with Gasteiger partial charge in [0, 0.05) is 36.8 Å². The van der Waals surface area contributed by atoms with Crippen LogP contribution in [0.15, 0.2) is 40.9 Å². The van der Waals surface area contributed by atoms with Crippen molar-refractivity contribution in [2.24, 2.45) is 0 Å². The summed E-state index contributed by atoms with van der Waals surface area (Å²) in [7, 11) is 0. The van der Waals surface area contributed by atoms with Crippen LogP contribution in [-0.4, -0.2) is 35.2 Å². The molecular weight excluding hydrogens is 262 g/mol. The molecule has 0 amide bonds. The third kappa shape index (κ3) is 2.87. The van der Waals surface area contributed by atoms with E-state index >= 15 is 0 Å². The molecule has 0 aliphatic carbocycles. The molecule has 1 aromatic carbocycles. The van der Waals surface area contributed by atoms with E-state index in [9.17, 15) is 0 Å². The number of nitrogens with zero attached hydrogens (tertiary/aromatic N) is 2. The summed E-state index contributed by atoms with van der Waals surface area (Å²) in [4.78, 5) is 2.49. The molecule has 21 heavy (non-hydrogen) atoms. The molecule has 2 aliphatic heterocycles. The third-order valence-electron chi connectivity index (χ3n) is 4.62. The fourth-order valence-corrected chi connectivity index (χ4v) is 3.51. The Morgan fingerprint density at radius 3 is 2.90 bits per heavy atom. The maximum absolute atomic E-state index is 5.53. The number of hydrogen-bond donors (Lipinski definition) is 1. The van der Waals surface area contributed by atoms with E-state index in [1.807, 2.05) is 18.2 Å². The van der Waals surface area contributed by atoms with Crippen LogP contribution in [0.25, 0.3) is 11.3 Å². The number of benzene rings is 1. The zero-order chi connectivity index (χ0) is 14.1. The summed E-state index contributed by atoms with van der Waals surface area (Å²) < 4.78 is 5.53. The summed E-state index contributed by atoms with van der Waals surface area (Å²) in [5.41, 5.74) is 2.05. The summed E-state index contributed by atoms with van der Waals surface area (Å²) >= 11 is 0. The van der Waals surface area contributed by atoms with E-state index in [-0.39, 0.29) is 0 Å². The molecule has 2 bridgehead atoms. The van der Waals surface area contributed by atoms with Gasteiger partial charge in [-0.15, -0.1) is 0 Å². The average molecular weight is 283 g/mol. The van der Waals surface area contributed by atoms with Crippen molar-refractivity contribution in [3.63, 3.8) is 0 Å². The molecule has 110 valence electrons. The Kier molecular flexibility index (Phi) is 3.49. The van der Waals surface area contributed by atoms with Gasteiger partial charge in [0.25, 0.3) is 0 Å². The van der Waals surface area contributed by atoms with Crippen molar-refractivity contribution in [2.75, 3.05) is 13.1 Å². The standard InChI is InChI=1S/C17H21N3O/c1-2-4-13(5-3-1)17-10-16(21-19-17)12-20-9-8-14-6-7-15(11-20)18-14/h1-5,10,14-15,18H,6-9,11-12H2. The van der Waals surface area contributed by atoms with Crippen LogP contribution in [-0.2, 0) is 6.54 Å². The largest absolute Gasteiger partial charge is 0.359 e. The molecule has 4 rings (SSSR count). The van der Waals surface area contributed by atoms with Crippen LogP contribution in [0.5, 0.6) is 0 Å². The highest BCUT2D eigenvalue weighted by atomic mass is 16.5. The molecule has 4 nitrogen and oxygen atoms in total. The normalized spacial score (nSPS) is 25.9. The van der Waals surface area contributed by atoms with Gasteiger partial charge in [-0.3, -0.25) is 4.90 Å². The molecule has 2 aliphatic rings. The summed E-state index contributed by atoms with van der Waals surface area (Å²) in [6, 6.07) is 13.7. The van der Waals surface area contributed by atoms with Crippen LogP contribution in [0.2, 0.25) is 0 Å². The van der Waals surface area contributed by atoms with Gasteiger partial charge in [-0.05, 0) is 19.3 Å². The monoisotopic (exact) mass is 283 g/mol. The fourth-order valence-electron chi connectivity index (χ4n) is 3.51. The molecule has 0 spiro atoms. The van der Waals surface area contributed by atoms with E-state index in [0.29, 0.717) is 6.04 Å². The van der Waals surface area contributed by atoms with Gasteiger partial charge in [0.05, 0.1) is 6.54 Å². The lowest BCUT2D eigenvalue weighted by Gasteiger charge is -2.22. The van der Waals surface area contributed by atoms with E-state index in [1.54, 1.807) is 0 Å². The van der Waals surface area contributed by atoms with Crippen molar-refractivity contribution < 1.29 is 4.52 Å². The number of hydrogen-bond acceptors (Lipinski definition) is 4. The van der Waals surface area contributed by atoms with Crippen molar-refractivity contribution in [2.45, 2.75) is 37.9 Å². The second-order valence-corrected chi connectivity index (χ2v) is 6.21. The minimum Gasteiger partial charge on any atom is -0.359 e. The summed E-state index contributed by atoms with van der Waals surface area (Å²) in [5.74, 6) is 0.964. The van der Waals surface area contributed by atoms with Crippen molar-refractivity contribution in [3.05, 3.63) is 42.2 Å². The smallest absolute Gasteiger partial charge is 0.151 e. The molecular formula is C17H21N3O. The first-order chi connectivity index (χ1) is 10.4. The summed E-state index contributed by atoms with van der Waals surface area (Å²) in [5, 5.41) is 7.92. The first kappa shape index (κ1) is 13.0. The molecule has 0 radical (unpaired) electrons. The van der Waals surface area contributed by atoms with Gasteiger partial charge in [0.15, 0.2) is 5.76 Å². The number of likely N-dealkylation sites (tertiary alicyclic amines) is 1. The van der Waals surface area contributed by atoms with Gasteiger partial charge < -0.3 is 9.84 Å². The Hall–Kier alpha value is -1.65. The highest BCUT2D eigenvalue weighted by molar-refractivity contribution is 5.58. The number of fused-ring (bicyclic) bond motifs is 2. The Balaban J connectivity index is 1.44. The van der Waals surface area contributed by atoms with Gasteiger partial charge in [0.1, 0.15) is 5.69 Å². The highest BCUT2D eigenvalue weighted by Crippen LogP contribution is 2.23. The molecule has 1 N–H and O–H groups in total. The lowest BCUT2D eigenvalue weighted by Crippen LogP contribution is -2.34. The van der Waals surface area contributed by atoms with Gasteiger partial charge in [0.2, 0.25) is 0 Å². The Labute approximate surface area is 125 Å². The predicted molar refractivity (Wildman–Crippen MR) is 81.8 cm³/mol. The topological polar surface area (TPSA) is 41.3 Å². The maximum atomic E-state index is 5.53. The van der Waals surface area contributed by atoms with Crippen LogP contribution in [0.1, 0.15) is 25.0 Å². The van der Waals surface area contributed by atoms with Crippen LogP contribution < -0.4 is 5.32 Å². The molecule has 3 heterocycles. The molecule has 2 aromatic rings. The van der Waals surface area contributed by atoms with E-state index in [0.717, 1.165) is 42.7 Å². The third-order valence-corrected chi connectivity index (χ3v) is 4.62. The number of rotatable bonds is 3. The minimum absolute atomic E-state index is 0.661. The number of nitrogens with one attached hydrogen (secondary N) is 1. The van der Waals surface area contributed by atoms with Crippen molar-refractivity contribution in [3.8, 4) is 11.3 Å². The van der Waals surface area contributed by atoms with Crippen molar-refractivity contribution in [1.29, 1.82) is 0 Å². The van der Waals surface area contributed by atoms with Gasteiger partial charge in [-0.25, -0.2) is 0 Å². The SMILES string of the molecule is c1ccc(-c2cc(CN3CCC4CCC(C3)N4)on2)cc1. The van der Waals surface area contributed by atoms with Crippen molar-refractivity contribution in [1.82, 2.24) is 15.4 Å². The maximum Gasteiger partial charge on any atom is 0.151 e. The lowest BCUT2D eigenvalue weighted by atomic mass is 10.1. The van der Waals surface area contributed by atoms with E-state index in [1.165, 1.54) is 19.3 Å². The second-order valence-electron chi connectivity index (χ2n) is 6.21. The number of aromatic nitrogens is 1.